The molecule has 2 unspecified atom stereocenters. The number of piperidine rings is 1. The minimum atomic E-state index is -0.426. The molecule has 0 radical (unpaired) electrons. The van der Waals surface area contributed by atoms with Gasteiger partial charge in [-0.3, -0.25) is 4.90 Å². The molecular formula is C14H19FN2O2. The maximum absolute atomic E-state index is 13.2. The minimum Gasteiger partial charge on any atom is -0.453 e. The summed E-state index contributed by atoms with van der Waals surface area (Å²) in [4.78, 5) is 13.2. The van der Waals surface area contributed by atoms with Crippen LogP contribution in [-0.2, 0) is 4.74 Å². The lowest BCUT2D eigenvalue weighted by molar-refractivity contribution is 0.0830. The van der Waals surface area contributed by atoms with Gasteiger partial charge in [0.25, 0.3) is 0 Å². The van der Waals surface area contributed by atoms with Crippen molar-refractivity contribution in [3.05, 3.63) is 35.1 Å². The average Bonchev–Trinajstić information content (AvgIpc) is 2.39. The molecule has 1 aromatic rings. The molecule has 1 aliphatic heterocycles. The van der Waals surface area contributed by atoms with Gasteiger partial charge in [0, 0.05) is 12.5 Å². The standard InChI is InChI=1S/C14H19FN2O2/c1-9-8-10(15)5-6-11(9)12-4-3-7-17(13(12)16)14(18)19-2/h5-6,8,12-13H,3-4,7,16H2,1-2H3. The van der Waals surface area contributed by atoms with Crippen LogP contribution in [0.2, 0.25) is 0 Å². The monoisotopic (exact) mass is 266 g/mol. The van der Waals surface area contributed by atoms with Gasteiger partial charge in [0.05, 0.1) is 13.3 Å². The zero-order chi connectivity index (χ0) is 14.0. The number of carbonyl (C=O) groups is 1. The van der Waals surface area contributed by atoms with E-state index in [-0.39, 0.29) is 11.7 Å². The van der Waals surface area contributed by atoms with Gasteiger partial charge in [-0.05, 0) is 43.0 Å². The van der Waals surface area contributed by atoms with Crippen molar-refractivity contribution in [1.82, 2.24) is 4.90 Å². The van der Waals surface area contributed by atoms with Gasteiger partial charge >= 0.3 is 6.09 Å². The molecule has 1 saturated heterocycles. The smallest absolute Gasteiger partial charge is 0.410 e. The van der Waals surface area contributed by atoms with Crippen LogP contribution in [0.4, 0.5) is 9.18 Å². The van der Waals surface area contributed by atoms with E-state index in [1.54, 1.807) is 6.07 Å². The minimum absolute atomic E-state index is 0.0217. The molecule has 5 heteroatoms. The van der Waals surface area contributed by atoms with Crippen LogP contribution in [0.15, 0.2) is 18.2 Å². The summed E-state index contributed by atoms with van der Waals surface area (Å²) in [5, 5.41) is 0. The molecule has 1 aromatic carbocycles. The van der Waals surface area contributed by atoms with Gasteiger partial charge in [0.15, 0.2) is 0 Å². The van der Waals surface area contributed by atoms with Crippen LogP contribution in [0.5, 0.6) is 0 Å². The molecule has 2 N–H and O–H groups in total. The number of benzene rings is 1. The van der Waals surface area contributed by atoms with Gasteiger partial charge in [-0.2, -0.15) is 0 Å². The molecular weight excluding hydrogens is 247 g/mol. The van der Waals surface area contributed by atoms with Crippen LogP contribution in [0.3, 0.4) is 0 Å². The van der Waals surface area contributed by atoms with Crippen molar-refractivity contribution in [3.8, 4) is 0 Å². The number of aryl methyl sites for hydroxylation is 1. The molecule has 1 amide bonds. The number of likely N-dealkylation sites (tertiary alicyclic amines) is 1. The molecule has 0 bridgehead atoms. The number of hydrogen-bond acceptors (Lipinski definition) is 3. The zero-order valence-electron chi connectivity index (χ0n) is 11.2. The zero-order valence-corrected chi connectivity index (χ0v) is 11.2. The highest BCUT2D eigenvalue weighted by Gasteiger charge is 2.33. The third kappa shape index (κ3) is 2.71. The number of rotatable bonds is 1. The number of amides is 1. The lowest BCUT2D eigenvalue weighted by Gasteiger charge is -2.38. The molecule has 104 valence electrons. The van der Waals surface area contributed by atoms with Gasteiger partial charge in [-0.1, -0.05) is 6.07 Å². The first-order valence-electron chi connectivity index (χ1n) is 6.41. The van der Waals surface area contributed by atoms with Crippen LogP contribution in [0.1, 0.15) is 29.9 Å². The summed E-state index contributed by atoms with van der Waals surface area (Å²) in [5.74, 6) is -0.232. The Labute approximate surface area is 112 Å². The second-order valence-corrected chi connectivity index (χ2v) is 4.90. The number of nitrogens with zero attached hydrogens (tertiary/aromatic N) is 1. The Morgan fingerprint density at radius 1 is 1.53 bits per heavy atom. The normalized spacial score (nSPS) is 23.3. The largest absolute Gasteiger partial charge is 0.453 e. The van der Waals surface area contributed by atoms with Crippen molar-refractivity contribution in [1.29, 1.82) is 0 Å². The SMILES string of the molecule is COC(=O)N1CCCC(c2ccc(F)cc2C)C1N. The Morgan fingerprint density at radius 2 is 2.26 bits per heavy atom. The first-order chi connectivity index (χ1) is 9.04. The van der Waals surface area contributed by atoms with E-state index in [2.05, 4.69) is 0 Å². The summed E-state index contributed by atoms with van der Waals surface area (Å²) in [6, 6.07) is 4.70. The van der Waals surface area contributed by atoms with Gasteiger partial charge in [-0.15, -0.1) is 0 Å². The second-order valence-electron chi connectivity index (χ2n) is 4.90. The van der Waals surface area contributed by atoms with Crippen LogP contribution in [-0.4, -0.2) is 30.8 Å². The van der Waals surface area contributed by atoms with Crippen molar-refractivity contribution in [2.45, 2.75) is 31.8 Å². The molecule has 0 aliphatic carbocycles. The van der Waals surface area contributed by atoms with Crippen molar-refractivity contribution >= 4 is 6.09 Å². The molecule has 2 atom stereocenters. The molecule has 2 rings (SSSR count). The van der Waals surface area contributed by atoms with Gasteiger partial charge in [-0.25, -0.2) is 9.18 Å². The van der Waals surface area contributed by atoms with E-state index < -0.39 is 12.3 Å². The highest BCUT2D eigenvalue weighted by atomic mass is 19.1. The maximum Gasteiger partial charge on any atom is 0.410 e. The fraction of sp³-hybridized carbons (Fsp3) is 0.500. The third-order valence-electron chi connectivity index (χ3n) is 3.73. The lowest BCUT2D eigenvalue weighted by Crippen LogP contribution is -2.52. The molecule has 19 heavy (non-hydrogen) atoms. The molecule has 0 saturated carbocycles. The van der Waals surface area contributed by atoms with Crippen LogP contribution < -0.4 is 5.73 Å². The van der Waals surface area contributed by atoms with E-state index in [0.29, 0.717) is 6.54 Å². The number of halogens is 1. The lowest BCUT2D eigenvalue weighted by atomic mass is 9.85. The topological polar surface area (TPSA) is 55.6 Å². The predicted molar refractivity (Wildman–Crippen MR) is 70.2 cm³/mol. The summed E-state index contributed by atoms with van der Waals surface area (Å²) < 4.78 is 17.9. The van der Waals surface area contributed by atoms with Gasteiger partial charge in [0.2, 0.25) is 0 Å². The van der Waals surface area contributed by atoms with Gasteiger partial charge in [0.1, 0.15) is 5.82 Å². The van der Waals surface area contributed by atoms with Crippen molar-refractivity contribution < 1.29 is 13.9 Å². The summed E-state index contributed by atoms with van der Waals surface area (Å²) in [7, 11) is 1.35. The summed E-state index contributed by atoms with van der Waals surface area (Å²) in [6.45, 7) is 2.47. The number of carbonyl (C=O) groups excluding carboxylic acids is 1. The molecule has 1 aliphatic rings. The number of ether oxygens (including phenoxy) is 1. The van der Waals surface area contributed by atoms with E-state index in [1.165, 1.54) is 24.1 Å². The fourth-order valence-electron chi connectivity index (χ4n) is 2.74. The Bertz CT molecular complexity index is 479. The van der Waals surface area contributed by atoms with Crippen molar-refractivity contribution in [2.75, 3.05) is 13.7 Å². The van der Waals surface area contributed by atoms with E-state index in [4.69, 9.17) is 10.5 Å². The highest BCUT2D eigenvalue weighted by Crippen LogP contribution is 2.32. The van der Waals surface area contributed by atoms with E-state index in [0.717, 1.165) is 24.0 Å². The van der Waals surface area contributed by atoms with E-state index in [1.807, 2.05) is 6.92 Å². The number of hydrogen-bond donors (Lipinski definition) is 1. The molecule has 4 nitrogen and oxygen atoms in total. The molecule has 1 fully saturated rings. The fourth-order valence-corrected chi connectivity index (χ4v) is 2.74. The van der Waals surface area contributed by atoms with Crippen molar-refractivity contribution in [2.24, 2.45) is 5.73 Å². The van der Waals surface area contributed by atoms with Gasteiger partial charge < -0.3 is 10.5 Å². The van der Waals surface area contributed by atoms with E-state index >= 15 is 0 Å². The summed E-state index contributed by atoms with van der Waals surface area (Å²) in [6.07, 6.45) is 0.924. The maximum atomic E-state index is 13.2. The first-order valence-corrected chi connectivity index (χ1v) is 6.41. The molecule has 0 aromatic heterocycles. The molecule has 1 heterocycles. The Kier molecular flexibility index (Phi) is 4.04. The predicted octanol–water partition coefficient (Wildman–Crippen LogP) is 2.36. The van der Waals surface area contributed by atoms with Crippen LogP contribution in [0, 0.1) is 12.7 Å². The Balaban J connectivity index is 2.26. The summed E-state index contributed by atoms with van der Waals surface area (Å²) in [5.41, 5.74) is 8.04. The van der Waals surface area contributed by atoms with Crippen LogP contribution >= 0.6 is 0 Å². The first kappa shape index (κ1) is 13.8. The second kappa shape index (κ2) is 5.57. The van der Waals surface area contributed by atoms with E-state index in [9.17, 15) is 9.18 Å². The summed E-state index contributed by atoms with van der Waals surface area (Å²) >= 11 is 0. The van der Waals surface area contributed by atoms with Crippen LogP contribution in [0.25, 0.3) is 0 Å². The quantitative estimate of drug-likeness (QED) is 0.849. The molecule has 0 spiro atoms. The highest BCUT2D eigenvalue weighted by molar-refractivity contribution is 5.68. The number of methoxy groups -OCH3 is 1. The average molecular weight is 266 g/mol. The third-order valence-corrected chi connectivity index (χ3v) is 3.73. The number of nitrogens with two attached hydrogens (primary N) is 1. The van der Waals surface area contributed by atoms with Crippen molar-refractivity contribution in [3.63, 3.8) is 0 Å². The Morgan fingerprint density at radius 3 is 2.89 bits per heavy atom. The Hall–Kier alpha value is -1.62.